The summed E-state index contributed by atoms with van der Waals surface area (Å²) >= 11 is 0. The van der Waals surface area contributed by atoms with Gasteiger partial charge in [0.25, 0.3) is 0 Å². The predicted octanol–water partition coefficient (Wildman–Crippen LogP) is 3.58. The molecule has 2 aliphatic rings. The smallest absolute Gasteiger partial charge is 0.334 e. The van der Waals surface area contributed by atoms with Crippen LogP contribution in [0.15, 0.2) is 35.5 Å². The number of allylic oxidation sites excluding steroid dienone is 2. The molecule has 0 heterocycles. The van der Waals surface area contributed by atoms with Gasteiger partial charge in [-0.3, -0.25) is 4.79 Å². The highest BCUT2D eigenvalue weighted by Gasteiger charge is 2.55. The zero-order valence-electron chi connectivity index (χ0n) is 17.2. The number of hydrogen-bond acceptors (Lipinski definition) is 5. The maximum atomic E-state index is 12.3. The summed E-state index contributed by atoms with van der Waals surface area (Å²) in [5.41, 5.74) is 2.23. The van der Waals surface area contributed by atoms with Crippen molar-refractivity contribution in [3.05, 3.63) is 35.5 Å². The monoisotopic (exact) mass is 376 g/mol. The molecule has 0 spiro atoms. The van der Waals surface area contributed by atoms with Gasteiger partial charge in [0.15, 0.2) is 0 Å². The molecule has 0 bridgehead atoms. The Kier molecular flexibility index (Phi) is 6.68. The molecule has 6 atom stereocenters. The molecule has 0 amide bonds. The Labute approximate surface area is 162 Å². The van der Waals surface area contributed by atoms with Crippen LogP contribution in [0.25, 0.3) is 0 Å². The van der Waals surface area contributed by atoms with Gasteiger partial charge in [-0.1, -0.05) is 32.6 Å². The topological polar surface area (TPSA) is 72.8 Å². The highest BCUT2D eigenvalue weighted by atomic mass is 16.6. The highest BCUT2D eigenvalue weighted by molar-refractivity contribution is 5.88. The van der Waals surface area contributed by atoms with E-state index in [4.69, 9.17) is 9.47 Å². The van der Waals surface area contributed by atoms with Crippen molar-refractivity contribution < 1.29 is 24.2 Å². The van der Waals surface area contributed by atoms with Gasteiger partial charge in [-0.05, 0) is 62.0 Å². The Balaban J connectivity index is 2.40. The van der Waals surface area contributed by atoms with Crippen molar-refractivity contribution in [2.75, 3.05) is 0 Å². The fourth-order valence-electron chi connectivity index (χ4n) is 4.65. The number of esters is 2. The van der Waals surface area contributed by atoms with Crippen molar-refractivity contribution >= 4 is 11.9 Å². The zero-order chi connectivity index (χ0) is 20.5. The van der Waals surface area contributed by atoms with Crippen LogP contribution >= 0.6 is 0 Å². The van der Waals surface area contributed by atoms with E-state index in [-0.39, 0.29) is 35.7 Å². The summed E-state index contributed by atoms with van der Waals surface area (Å²) in [5.74, 6) is -0.687. The second-order valence-electron chi connectivity index (χ2n) is 7.94. The molecular weight excluding hydrogens is 344 g/mol. The van der Waals surface area contributed by atoms with Crippen LogP contribution in [0.3, 0.4) is 0 Å². The number of aliphatic hydroxyl groups is 1. The first-order valence-electron chi connectivity index (χ1n) is 9.67. The molecule has 0 aliphatic heterocycles. The van der Waals surface area contributed by atoms with Crippen molar-refractivity contribution in [3.8, 4) is 0 Å². The number of carbonyl (C=O) groups is 2. The maximum Gasteiger partial charge on any atom is 0.334 e. The summed E-state index contributed by atoms with van der Waals surface area (Å²) in [6, 6.07) is 0. The first-order valence-corrected chi connectivity index (χ1v) is 9.67. The van der Waals surface area contributed by atoms with Gasteiger partial charge in [0.05, 0.1) is 6.10 Å². The number of fused-ring (bicyclic) bond motifs is 1. The normalized spacial score (nSPS) is 35.3. The van der Waals surface area contributed by atoms with E-state index < -0.39 is 18.2 Å². The molecule has 2 fully saturated rings. The van der Waals surface area contributed by atoms with Crippen molar-refractivity contribution in [2.24, 2.45) is 23.7 Å². The summed E-state index contributed by atoms with van der Waals surface area (Å²) in [6.45, 7) is 15.1. The third-order valence-corrected chi connectivity index (χ3v) is 6.02. The first kappa shape index (κ1) is 21.4. The standard InChI is InChI=1S/C22H32O5/c1-8-12(5)22(25)27-21-13(6)16-10-17(26-14(7)23)15(9-2)19(16)18(11(3)4)20(21)24/h8-9,11,16-21,24H,6,10H2,1-5,7H3/b12-8-,15-9+/t16-,17-,18-,19+,20-,21-/m0/s1. The lowest BCUT2D eigenvalue weighted by Crippen LogP contribution is -2.50. The van der Waals surface area contributed by atoms with Crippen LogP contribution in [0.5, 0.6) is 0 Å². The number of ether oxygens (including phenoxy) is 2. The molecule has 2 aliphatic carbocycles. The van der Waals surface area contributed by atoms with Gasteiger partial charge in [-0.2, -0.15) is 0 Å². The van der Waals surface area contributed by atoms with E-state index in [0.717, 1.165) is 5.57 Å². The lowest BCUT2D eigenvalue weighted by molar-refractivity contribution is -0.155. The van der Waals surface area contributed by atoms with Crippen molar-refractivity contribution in [1.82, 2.24) is 0 Å². The Morgan fingerprint density at radius 3 is 2.33 bits per heavy atom. The molecule has 0 aromatic heterocycles. The van der Waals surface area contributed by atoms with Crippen LogP contribution in [-0.4, -0.2) is 35.4 Å². The molecule has 2 saturated carbocycles. The Morgan fingerprint density at radius 1 is 1.22 bits per heavy atom. The number of carbonyl (C=O) groups excluding carboxylic acids is 2. The molecule has 5 nitrogen and oxygen atoms in total. The minimum Gasteiger partial charge on any atom is -0.458 e. The van der Waals surface area contributed by atoms with Gasteiger partial charge in [0.1, 0.15) is 12.2 Å². The lowest BCUT2D eigenvalue weighted by atomic mass is 9.64. The third-order valence-electron chi connectivity index (χ3n) is 6.02. The molecule has 0 aromatic rings. The van der Waals surface area contributed by atoms with Gasteiger partial charge in [-0.25, -0.2) is 4.79 Å². The molecular formula is C22H32O5. The average Bonchev–Trinajstić information content (AvgIpc) is 2.94. The summed E-state index contributed by atoms with van der Waals surface area (Å²) in [5, 5.41) is 11.1. The Hall–Kier alpha value is -1.88. The minimum atomic E-state index is -0.849. The second-order valence-corrected chi connectivity index (χ2v) is 7.94. The minimum absolute atomic E-state index is 0.0000576. The second kappa shape index (κ2) is 8.42. The molecule has 1 N–H and O–H groups in total. The van der Waals surface area contributed by atoms with Gasteiger partial charge in [0, 0.05) is 12.5 Å². The van der Waals surface area contributed by atoms with Gasteiger partial charge in [0.2, 0.25) is 0 Å². The number of hydrogen-bond donors (Lipinski definition) is 1. The van der Waals surface area contributed by atoms with Gasteiger partial charge in [-0.15, -0.1) is 0 Å². The Bertz CT molecular complexity index is 672. The maximum absolute atomic E-state index is 12.3. The summed E-state index contributed by atoms with van der Waals surface area (Å²) in [7, 11) is 0. The van der Waals surface area contributed by atoms with Crippen LogP contribution in [0.1, 0.15) is 48.0 Å². The molecule has 150 valence electrons. The van der Waals surface area contributed by atoms with E-state index in [2.05, 4.69) is 20.4 Å². The van der Waals surface area contributed by atoms with E-state index in [0.29, 0.717) is 17.6 Å². The van der Waals surface area contributed by atoms with Gasteiger partial charge < -0.3 is 14.6 Å². The zero-order valence-corrected chi connectivity index (χ0v) is 17.2. The van der Waals surface area contributed by atoms with Crippen LogP contribution in [-0.2, 0) is 19.1 Å². The summed E-state index contributed by atoms with van der Waals surface area (Å²) in [4.78, 5) is 23.9. The van der Waals surface area contributed by atoms with Crippen molar-refractivity contribution in [1.29, 1.82) is 0 Å². The molecule has 0 radical (unpaired) electrons. The largest absolute Gasteiger partial charge is 0.458 e. The molecule has 0 saturated heterocycles. The fraction of sp³-hybridized carbons (Fsp3) is 0.636. The molecule has 5 heteroatoms. The van der Waals surface area contributed by atoms with E-state index >= 15 is 0 Å². The molecule has 27 heavy (non-hydrogen) atoms. The van der Waals surface area contributed by atoms with Crippen LogP contribution in [0.4, 0.5) is 0 Å². The van der Waals surface area contributed by atoms with E-state index in [1.165, 1.54) is 6.92 Å². The lowest BCUT2D eigenvalue weighted by Gasteiger charge is -2.45. The summed E-state index contributed by atoms with van der Waals surface area (Å²) < 4.78 is 11.2. The predicted molar refractivity (Wildman–Crippen MR) is 104 cm³/mol. The summed E-state index contributed by atoms with van der Waals surface area (Å²) in [6.07, 6.45) is 2.36. The van der Waals surface area contributed by atoms with Crippen LogP contribution in [0, 0.1) is 23.7 Å². The van der Waals surface area contributed by atoms with Gasteiger partial charge >= 0.3 is 11.9 Å². The molecule has 0 aromatic carbocycles. The van der Waals surface area contributed by atoms with Crippen LogP contribution in [0.2, 0.25) is 0 Å². The Morgan fingerprint density at radius 2 is 1.85 bits per heavy atom. The third kappa shape index (κ3) is 4.03. The quantitative estimate of drug-likeness (QED) is 0.461. The first-order chi connectivity index (χ1) is 12.6. The fourth-order valence-corrected chi connectivity index (χ4v) is 4.65. The SMILES string of the molecule is C=C1[C@@H]2C[C@H](OC(C)=O)/C(=C\C)[C@H]2[C@H](C(C)C)[C@H](O)[C@H]1OC(=O)/C(C)=C\C. The molecule has 2 rings (SSSR count). The van der Waals surface area contributed by atoms with Crippen molar-refractivity contribution in [2.45, 2.75) is 66.3 Å². The average molecular weight is 376 g/mol. The van der Waals surface area contributed by atoms with E-state index in [9.17, 15) is 14.7 Å². The highest BCUT2D eigenvalue weighted by Crippen LogP contribution is 2.54. The number of aliphatic hydroxyl groups excluding tert-OH is 1. The van der Waals surface area contributed by atoms with E-state index in [1.54, 1.807) is 19.9 Å². The van der Waals surface area contributed by atoms with E-state index in [1.807, 2.05) is 13.0 Å². The number of rotatable bonds is 4. The van der Waals surface area contributed by atoms with Crippen LogP contribution < -0.4 is 0 Å². The van der Waals surface area contributed by atoms with Crippen molar-refractivity contribution in [3.63, 3.8) is 0 Å². The molecule has 0 unspecified atom stereocenters.